The number of carbonyl (C=O) groups is 1. The lowest BCUT2D eigenvalue weighted by atomic mass is 9.93. The minimum absolute atomic E-state index is 0.0366. The van der Waals surface area contributed by atoms with Crippen LogP contribution in [-0.2, 0) is 29.4 Å². The highest BCUT2D eigenvalue weighted by Gasteiger charge is 2.32. The van der Waals surface area contributed by atoms with E-state index in [-0.39, 0.29) is 30.8 Å². The van der Waals surface area contributed by atoms with E-state index in [0.717, 1.165) is 11.1 Å². The van der Waals surface area contributed by atoms with Gasteiger partial charge in [0.2, 0.25) is 0 Å². The van der Waals surface area contributed by atoms with Crippen LogP contribution in [-0.4, -0.2) is 27.5 Å². The third kappa shape index (κ3) is 6.30. The molecule has 198 valence electrons. The molecule has 5 rings (SSSR count). The summed E-state index contributed by atoms with van der Waals surface area (Å²) in [6.07, 6.45) is 0.429. The molecule has 10 nitrogen and oxygen atoms in total. The monoisotopic (exact) mass is 527 g/mol. The zero-order valence-corrected chi connectivity index (χ0v) is 20.9. The average molecular weight is 528 g/mol. The molecular weight excluding hydrogens is 502 g/mol. The van der Waals surface area contributed by atoms with Crippen molar-refractivity contribution in [1.29, 1.82) is 0 Å². The lowest BCUT2D eigenvalue weighted by Gasteiger charge is -2.24. The molecule has 1 aromatic heterocycles. The maximum absolute atomic E-state index is 13.1. The molecule has 1 atom stereocenters. The number of hydrogen-bond donors (Lipinski definition) is 0. The first-order valence-corrected chi connectivity index (χ1v) is 12.4. The van der Waals surface area contributed by atoms with Crippen LogP contribution in [0.3, 0.4) is 0 Å². The number of esters is 1. The summed E-state index contributed by atoms with van der Waals surface area (Å²) < 4.78 is 22.7. The maximum Gasteiger partial charge on any atom is 0.356 e. The summed E-state index contributed by atoms with van der Waals surface area (Å²) in [5.74, 6) is -0.744. The highest BCUT2D eigenvalue weighted by atomic mass is 16.6. The molecule has 1 unspecified atom stereocenters. The van der Waals surface area contributed by atoms with Crippen molar-refractivity contribution >= 4 is 11.7 Å². The molecule has 1 aliphatic rings. The summed E-state index contributed by atoms with van der Waals surface area (Å²) in [7, 11) is 0. The predicted molar refractivity (Wildman–Crippen MR) is 139 cm³/mol. The van der Waals surface area contributed by atoms with Gasteiger partial charge >= 0.3 is 23.5 Å². The quantitative estimate of drug-likeness (QED) is 0.156. The Bertz CT molecular complexity index is 1450. The highest BCUT2D eigenvalue weighted by Crippen LogP contribution is 2.35. The molecule has 1 aliphatic heterocycles. The topological polar surface area (TPSA) is 123 Å². The van der Waals surface area contributed by atoms with E-state index in [1.165, 1.54) is 0 Å². The molecule has 0 N–H and O–H groups in total. The van der Waals surface area contributed by atoms with Crippen molar-refractivity contribution in [2.75, 3.05) is 6.61 Å². The van der Waals surface area contributed by atoms with E-state index in [2.05, 4.69) is 9.97 Å². The summed E-state index contributed by atoms with van der Waals surface area (Å²) >= 11 is 0. The molecule has 3 aromatic carbocycles. The molecule has 0 spiro atoms. The van der Waals surface area contributed by atoms with Gasteiger partial charge < -0.3 is 18.9 Å². The Morgan fingerprint density at radius 1 is 0.872 bits per heavy atom. The first-order valence-electron chi connectivity index (χ1n) is 12.4. The molecule has 0 saturated carbocycles. The fourth-order valence-electron chi connectivity index (χ4n) is 4.18. The molecule has 4 aromatic rings. The minimum atomic E-state index is -0.645. The first-order chi connectivity index (χ1) is 19.1. The summed E-state index contributed by atoms with van der Waals surface area (Å²) in [5.41, 5.74) is 1.75. The van der Waals surface area contributed by atoms with Gasteiger partial charge in [-0.2, -0.15) is 9.97 Å². The summed E-state index contributed by atoms with van der Waals surface area (Å²) in [6.45, 7) is 0.0731. The second kappa shape index (κ2) is 12.0. The molecule has 0 saturated heterocycles. The van der Waals surface area contributed by atoms with Gasteiger partial charge in [0.15, 0.2) is 5.69 Å². The number of aromatic nitrogens is 2. The normalized spacial score (nSPS) is 14.0. The SMILES string of the molecule is O=C(OCc1nc(OCc2ccccc2)nc(OCc2ccccc2)c1[N+](=O)[O-])C1CCOc2ccccc21. The number of ether oxygens (including phenoxy) is 4. The number of benzene rings is 3. The van der Waals surface area contributed by atoms with Crippen LogP contribution in [0.1, 0.15) is 34.7 Å². The van der Waals surface area contributed by atoms with Crippen molar-refractivity contribution < 1.29 is 28.7 Å². The van der Waals surface area contributed by atoms with E-state index in [1.54, 1.807) is 12.1 Å². The van der Waals surface area contributed by atoms with Gasteiger partial charge in [0.05, 0.1) is 17.4 Å². The van der Waals surface area contributed by atoms with E-state index in [0.29, 0.717) is 24.3 Å². The summed E-state index contributed by atoms with van der Waals surface area (Å²) in [6, 6.07) is 25.6. The van der Waals surface area contributed by atoms with Gasteiger partial charge in [-0.1, -0.05) is 78.9 Å². The number of rotatable bonds is 10. The summed E-state index contributed by atoms with van der Waals surface area (Å²) in [4.78, 5) is 32.9. The molecule has 2 heterocycles. The molecule has 0 bridgehead atoms. The number of hydrogen-bond acceptors (Lipinski definition) is 9. The highest BCUT2D eigenvalue weighted by molar-refractivity contribution is 5.79. The van der Waals surface area contributed by atoms with E-state index < -0.39 is 29.1 Å². The van der Waals surface area contributed by atoms with Gasteiger partial charge in [-0.25, -0.2) is 0 Å². The molecule has 10 heteroatoms. The molecule has 0 amide bonds. The van der Waals surface area contributed by atoms with Crippen molar-refractivity contribution in [3.05, 3.63) is 117 Å². The van der Waals surface area contributed by atoms with Gasteiger partial charge in [-0.05, 0) is 23.6 Å². The number of nitro groups is 1. The Balaban J connectivity index is 1.40. The van der Waals surface area contributed by atoms with Crippen LogP contribution in [0.2, 0.25) is 0 Å². The Kier molecular flexibility index (Phi) is 7.92. The maximum atomic E-state index is 13.1. The van der Waals surface area contributed by atoms with Crippen molar-refractivity contribution in [2.24, 2.45) is 0 Å². The van der Waals surface area contributed by atoms with Gasteiger partial charge in [0.25, 0.3) is 0 Å². The van der Waals surface area contributed by atoms with Crippen LogP contribution in [0.25, 0.3) is 0 Å². The Labute approximate surface area is 224 Å². The van der Waals surface area contributed by atoms with E-state index >= 15 is 0 Å². The van der Waals surface area contributed by atoms with Gasteiger partial charge in [0.1, 0.15) is 25.6 Å². The number of fused-ring (bicyclic) bond motifs is 1. The fraction of sp³-hybridized carbons (Fsp3) is 0.207. The molecule has 0 aliphatic carbocycles. The van der Waals surface area contributed by atoms with Gasteiger partial charge in [-0.3, -0.25) is 14.9 Å². The zero-order chi connectivity index (χ0) is 27.0. The van der Waals surface area contributed by atoms with Crippen LogP contribution < -0.4 is 14.2 Å². The van der Waals surface area contributed by atoms with Gasteiger partial charge in [-0.15, -0.1) is 0 Å². The average Bonchev–Trinajstić information content (AvgIpc) is 2.98. The number of para-hydroxylation sites is 1. The van der Waals surface area contributed by atoms with E-state index in [1.807, 2.05) is 72.8 Å². The largest absolute Gasteiger partial charge is 0.493 e. The molecule has 0 radical (unpaired) electrons. The van der Waals surface area contributed by atoms with Crippen LogP contribution in [0.4, 0.5) is 5.69 Å². The van der Waals surface area contributed by atoms with E-state index in [9.17, 15) is 14.9 Å². The van der Waals surface area contributed by atoms with Crippen molar-refractivity contribution in [1.82, 2.24) is 9.97 Å². The second-order valence-corrected chi connectivity index (χ2v) is 8.75. The smallest absolute Gasteiger partial charge is 0.356 e. The lowest BCUT2D eigenvalue weighted by Crippen LogP contribution is -2.23. The van der Waals surface area contributed by atoms with Crippen LogP contribution in [0, 0.1) is 10.1 Å². The molecule has 0 fully saturated rings. The predicted octanol–water partition coefficient (Wildman–Crippen LogP) is 5.15. The van der Waals surface area contributed by atoms with Crippen molar-refractivity contribution in [3.63, 3.8) is 0 Å². The third-order valence-electron chi connectivity index (χ3n) is 6.11. The minimum Gasteiger partial charge on any atom is -0.493 e. The second-order valence-electron chi connectivity index (χ2n) is 8.75. The summed E-state index contributed by atoms with van der Waals surface area (Å²) in [5, 5.41) is 12.1. The lowest BCUT2D eigenvalue weighted by molar-refractivity contribution is -0.387. The Morgan fingerprint density at radius 3 is 2.21 bits per heavy atom. The Hall–Kier alpha value is -4.99. The van der Waals surface area contributed by atoms with Crippen LogP contribution >= 0.6 is 0 Å². The van der Waals surface area contributed by atoms with Crippen molar-refractivity contribution in [2.45, 2.75) is 32.2 Å². The van der Waals surface area contributed by atoms with Crippen LogP contribution in [0.5, 0.6) is 17.6 Å². The molecule has 39 heavy (non-hydrogen) atoms. The standard InChI is InChI=1S/C29H25N3O7/c33-28(23-15-16-36-25-14-8-7-13-22(23)25)38-19-24-26(32(34)35)27(37-17-20-9-3-1-4-10-20)31-29(30-24)39-18-21-11-5-2-6-12-21/h1-14,23H,15-19H2. The first kappa shape index (κ1) is 25.7. The van der Waals surface area contributed by atoms with Gasteiger partial charge in [0, 0.05) is 5.56 Å². The van der Waals surface area contributed by atoms with E-state index in [4.69, 9.17) is 18.9 Å². The fourth-order valence-corrected chi connectivity index (χ4v) is 4.18. The van der Waals surface area contributed by atoms with Crippen molar-refractivity contribution in [3.8, 4) is 17.6 Å². The van der Waals surface area contributed by atoms with Crippen LogP contribution in [0.15, 0.2) is 84.9 Å². The number of nitrogens with zero attached hydrogens (tertiary/aromatic N) is 3. The number of carbonyl (C=O) groups excluding carboxylic acids is 1. The Morgan fingerprint density at radius 2 is 1.51 bits per heavy atom. The molecular formula is C29H25N3O7. The zero-order valence-electron chi connectivity index (χ0n) is 20.9. The third-order valence-corrected chi connectivity index (χ3v) is 6.11.